The van der Waals surface area contributed by atoms with Crippen molar-refractivity contribution in [2.75, 3.05) is 0 Å². The molecule has 0 atom stereocenters. The third-order valence-corrected chi connectivity index (χ3v) is 7.12. The monoisotopic (exact) mass is 293 g/mol. The molecule has 0 aromatic carbocycles. The highest BCUT2D eigenvalue weighted by Crippen LogP contribution is 2.53. The van der Waals surface area contributed by atoms with Crippen molar-refractivity contribution in [2.24, 2.45) is 0 Å². The van der Waals surface area contributed by atoms with Crippen LogP contribution in [0.3, 0.4) is 0 Å². The Kier molecular flexibility index (Phi) is 4.19. The minimum atomic E-state index is -2.43. The van der Waals surface area contributed by atoms with Gasteiger partial charge in [-0.2, -0.15) is 0 Å². The Balaban J connectivity index is 3.16. The fourth-order valence-corrected chi connectivity index (χ4v) is 4.68. The van der Waals surface area contributed by atoms with Crippen LogP contribution in [0.2, 0.25) is 0 Å². The summed E-state index contributed by atoms with van der Waals surface area (Å²) >= 11 is 3.29. The van der Waals surface area contributed by atoms with Gasteiger partial charge in [-0.25, -0.2) is 0 Å². The average Bonchev–Trinajstić information content (AvgIpc) is 2.64. The van der Waals surface area contributed by atoms with E-state index in [2.05, 4.69) is 21.1 Å². The summed E-state index contributed by atoms with van der Waals surface area (Å²) in [7, 11) is -2.43. The normalized spacial score (nSPS) is 12.7. The first kappa shape index (κ1) is 13.0. The highest BCUT2D eigenvalue weighted by molar-refractivity contribution is 9.08. The first-order valence-corrected chi connectivity index (χ1v) is 8.01. The molecular weight excluding hydrogens is 277 g/mol. The van der Waals surface area contributed by atoms with Crippen LogP contribution >= 0.6 is 23.1 Å². The molecule has 0 fully saturated rings. The van der Waals surface area contributed by atoms with Gasteiger partial charge in [-0.05, 0) is 0 Å². The van der Waals surface area contributed by atoms with E-state index in [1.165, 1.54) is 0 Å². The second-order valence-corrected chi connectivity index (χ2v) is 8.69. The van der Waals surface area contributed by atoms with Crippen LogP contribution in [-0.4, -0.2) is 16.5 Å². The van der Waals surface area contributed by atoms with Crippen LogP contribution in [-0.2, 0) is 9.90 Å². The molecule has 3 nitrogen and oxygen atoms in total. The zero-order valence-corrected chi connectivity index (χ0v) is 12.0. The molecule has 0 unspecified atom stereocenters. The molecular formula is C10H17BrNO2P. The predicted octanol–water partition coefficient (Wildman–Crippen LogP) is 3.37. The van der Waals surface area contributed by atoms with Gasteiger partial charge in [0.15, 0.2) is 0 Å². The molecule has 1 rings (SSSR count). The van der Waals surface area contributed by atoms with E-state index in [9.17, 15) is 4.57 Å². The molecule has 1 aromatic heterocycles. The highest BCUT2D eigenvalue weighted by Gasteiger charge is 2.35. The van der Waals surface area contributed by atoms with Crippen LogP contribution in [0.15, 0.2) is 10.6 Å². The zero-order chi connectivity index (χ0) is 11.6. The number of nitrogens with zero attached hydrogens (tertiary/aromatic N) is 1. The maximum absolute atomic E-state index is 12.8. The first-order chi connectivity index (χ1) is 6.92. The number of hydrogen-bond acceptors (Lipinski definition) is 3. The largest absolute Gasteiger partial charge is 0.360 e. The second-order valence-electron chi connectivity index (χ2n) is 4.18. The molecule has 0 saturated carbocycles. The molecule has 0 spiro atoms. The minimum Gasteiger partial charge on any atom is -0.360 e. The predicted molar refractivity (Wildman–Crippen MR) is 66.6 cm³/mol. The molecule has 0 N–H and O–H groups in total. The van der Waals surface area contributed by atoms with Crippen LogP contribution < -0.4 is 5.44 Å². The topological polar surface area (TPSA) is 43.1 Å². The molecule has 0 saturated heterocycles. The third-order valence-electron chi connectivity index (χ3n) is 2.57. The second kappa shape index (κ2) is 4.84. The fraction of sp³-hybridized carbons (Fsp3) is 0.700. The van der Waals surface area contributed by atoms with Gasteiger partial charge >= 0.3 is 0 Å². The van der Waals surface area contributed by atoms with Crippen molar-refractivity contribution < 1.29 is 9.09 Å². The van der Waals surface area contributed by atoms with Gasteiger partial charge in [0.1, 0.15) is 18.3 Å². The van der Waals surface area contributed by atoms with Gasteiger partial charge in [-0.3, -0.25) is 0 Å². The van der Waals surface area contributed by atoms with Crippen molar-refractivity contribution in [3.63, 3.8) is 0 Å². The fourth-order valence-electron chi connectivity index (χ4n) is 1.66. The summed E-state index contributed by atoms with van der Waals surface area (Å²) in [6, 6.07) is 1.80. The Bertz CT molecular complexity index is 361. The molecule has 0 aliphatic heterocycles. The summed E-state index contributed by atoms with van der Waals surface area (Å²) in [5, 5.41) is 4.54. The molecule has 1 aromatic rings. The van der Waals surface area contributed by atoms with Crippen LogP contribution in [0.1, 0.15) is 33.5 Å². The Morgan fingerprint density at radius 1 is 1.40 bits per heavy atom. The maximum atomic E-state index is 12.8. The van der Waals surface area contributed by atoms with Crippen molar-refractivity contribution in [3.8, 4) is 0 Å². The quantitative estimate of drug-likeness (QED) is 0.631. The number of rotatable bonds is 4. The zero-order valence-electron chi connectivity index (χ0n) is 9.53. The lowest BCUT2D eigenvalue weighted by Crippen LogP contribution is -2.20. The van der Waals surface area contributed by atoms with Crippen LogP contribution in [0.25, 0.3) is 0 Å². The Morgan fingerprint density at radius 3 is 2.27 bits per heavy atom. The van der Waals surface area contributed by atoms with Crippen molar-refractivity contribution in [1.29, 1.82) is 0 Å². The number of hydrogen-bond donors (Lipinski definition) is 0. The number of halogens is 1. The van der Waals surface area contributed by atoms with E-state index in [4.69, 9.17) is 4.52 Å². The molecule has 0 bridgehead atoms. The van der Waals surface area contributed by atoms with Gasteiger partial charge in [0.05, 0.1) is 5.33 Å². The minimum absolute atomic E-state index is 0.103. The molecule has 0 aliphatic rings. The van der Waals surface area contributed by atoms with Crippen molar-refractivity contribution >= 4 is 28.5 Å². The van der Waals surface area contributed by atoms with E-state index in [1.54, 1.807) is 6.07 Å². The van der Waals surface area contributed by atoms with Gasteiger partial charge in [-0.1, -0.05) is 48.8 Å². The Morgan fingerprint density at radius 2 is 1.93 bits per heavy atom. The lowest BCUT2D eigenvalue weighted by Gasteiger charge is -2.23. The standard InChI is InChI=1S/C10H17BrNO2P/c1-7(2)15(13,8(3)4)10-5-9(6-11)14-12-10/h5,7-8H,6H2,1-4H3. The Hall–Kier alpha value is -0.0800. The molecule has 0 aliphatic carbocycles. The summed E-state index contributed by atoms with van der Waals surface area (Å²) in [5.41, 5.74) is 0.832. The molecule has 1 heterocycles. The Labute approximate surface area is 99.1 Å². The lowest BCUT2D eigenvalue weighted by atomic mass is 10.5. The summed E-state index contributed by atoms with van der Waals surface area (Å²) in [6.45, 7) is 7.90. The van der Waals surface area contributed by atoms with Gasteiger partial charge in [-0.15, -0.1) is 0 Å². The van der Waals surface area contributed by atoms with Gasteiger partial charge in [0.25, 0.3) is 0 Å². The van der Waals surface area contributed by atoms with E-state index < -0.39 is 7.14 Å². The maximum Gasteiger partial charge on any atom is 0.148 e. The SMILES string of the molecule is CC(C)P(=O)(c1cc(CBr)on1)C(C)C. The van der Waals surface area contributed by atoms with Gasteiger partial charge < -0.3 is 9.09 Å². The van der Waals surface area contributed by atoms with Crippen LogP contribution in [0.5, 0.6) is 0 Å². The smallest absolute Gasteiger partial charge is 0.148 e. The van der Waals surface area contributed by atoms with Crippen molar-refractivity contribution in [1.82, 2.24) is 5.16 Å². The van der Waals surface area contributed by atoms with Crippen molar-refractivity contribution in [2.45, 2.75) is 44.3 Å². The molecule has 0 amide bonds. The van der Waals surface area contributed by atoms with E-state index >= 15 is 0 Å². The summed E-state index contributed by atoms with van der Waals surface area (Å²) in [6.07, 6.45) is 0. The first-order valence-electron chi connectivity index (χ1n) is 5.04. The molecule has 86 valence electrons. The average molecular weight is 294 g/mol. The molecule has 0 radical (unpaired) electrons. The highest BCUT2D eigenvalue weighted by atomic mass is 79.9. The summed E-state index contributed by atoms with van der Waals surface area (Å²) in [5.74, 6) is 0.728. The van der Waals surface area contributed by atoms with E-state index in [0.717, 1.165) is 5.76 Å². The van der Waals surface area contributed by atoms with Gasteiger partial charge in [0.2, 0.25) is 0 Å². The van der Waals surface area contributed by atoms with E-state index in [-0.39, 0.29) is 11.3 Å². The van der Waals surface area contributed by atoms with E-state index in [0.29, 0.717) is 10.8 Å². The van der Waals surface area contributed by atoms with Crippen LogP contribution in [0, 0.1) is 0 Å². The number of aromatic nitrogens is 1. The summed E-state index contributed by atoms with van der Waals surface area (Å²) in [4.78, 5) is 0. The molecule has 5 heteroatoms. The van der Waals surface area contributed by atoms with Crippen molar-refractivity contribution in [3.05, 3.63) is 11.8 Å². The third kappa shape index (κ3) is 2.36. The lowest BCUT2D eigenvalue weighted by molar-refractivity contribution is 0.399. The van der Waals surface area contributed by atoms with Crippen LogP contribution in [0.4, 0.5) is 0 Å². The number of alkyl halides is 1. The van der Waals surface area contributed by atoms with E-state index in [1.807, 2.05) is 27.7 Å². The summed E-state index contributed by atoms with van der Waals surface area (Å²) < 4.78 is 17.9. The molecule has 15 heavy (non-hydrogen) atoms. The van der Waals surface area contributed by atoms with Gasteiger partial charge in [0, 0.05) is 17.4 Å².